The van der Waals surface area contributed by atoms with Crippen molar-refractivity contribution >= 4 is 11.4 Å². The molecular weight excluding hydrogens is 456 g/mol. The molecule has 5 rings (SSSR count). The summed E-state index contributed by atoms with van der Waals surface area (Å²) in [5.41, 5.74) is 7.57. The Balaban J connectivity index is 1.37. The van der Waals surface area contributed by atoms with E-state index in [1.54, 1.807) is 6.33 Å². The van der Waals surface area contributed by atoms with Gasteiger partial charge in [-0.05, 0) is 63.1 Å². The Morgan fingerprint density at radius 3 is 2.56 bits per heavy atom. The van der Waals surface area contributed by atoms with Crippen molar-refractivity contribution in [2.24, 2.45) is 7.05 Å². The highest BCUT2D eigenvalue weighted by atomic mass is 16.2. The van der Waals surface area contributed by atoms with Gasteiger partial charge in [0.15, 0.2) is 0 Å². The highest BCUT2D eigenvalue weighted by Crippen LogP contribution is 2.30. The summed E-state index contributed by atoms with van der Waals surface area (Å²) in [6.07, 6.45) is 5.41. The summed E-state index contributed by atoms with van der Waals surface area (Å²) in [5, 5.41) is 23.7. The normalized spacial score (nSPS) is 11.8. The Bertz CT molecular complexity index is 1580. The van der Waals surface area contributed by atoms with Crippen LogP contribution in [0.3, 0.4) is 0 Å². The average Bonchev–Trinajstić information content (AvgIpc) is 3.56. The zero-order valence-corrected chi connectivity index (χ0v) is 21.2. The minimum absolute atomic E-state index is 0.0514. The lowest BCUT2D eigenvalue weighted by Crippen LogP contribution is -2.27. The lowest BCUT2D eigenvalue weighted by atomic mass is 10.0. The van der Waals surface area contributed by atoms with Gasteiger partial charge in [-0.1, -0.05) is 12.1 Å². The first-order valence-corrected chi connectivity index (χ1v) is 11.6. The van der Waals surface area contributed by atoms with Crippen molar-refractivity contribution in [1.82, 2.24) is 49.9 Å². The van der Waals surface area contributed by atoms with Gasteiger partial charge in [0.2, 0.25) is 0 Å². The number of nitrogens with zero attached hydrogens (tertiary/aromatic N) is 9. The molecule has 0 atom stereocenters. The van der Waals surface area contributed by atoms with Crippen molar-refractivity contribution in [1.29, 1.82) is 0 Å². The molecule has 0 aliphatic rings. The van der Waals surface area contributed by atoms with Crippen molar-refractivity contribution in [3.8, 4) is 22.4 Å². The fourth-order valence-corrected chi connectivity index (χ4v) is 3.97. The van der Waals surface area contributed by atoms with Gasteiger partial charge < -0.3 is 5.32 Å². The van der Waals surface area contributed by atoms with E-state index in [9.17, 15) is 4.79 Å². The molecule has 0 bridgehead atoms. The predicted octanol–water partition coefficient (Wildman–Crippen LogP) is 3.09. The fourth-order valence-electron chi connectivity index (χ4n) is 3.97. The number of fused-ring (bicyclic) bond motifs is 1. The van der Waals surface area contributed by atoms with Gasteiger partial charge in [0.25, 0.3) is 11.7 Å². The van der Waals surface area contributed by atoms with Gasteiger partial charge in [0.05, 0.1) is 22.9 Å². The Kier molecular flexibility index (Phi) is 5.62. The van der Waals surface area contributed by atoms with E-state index < -0.39 is 0 Å². The molecule has 11 nitrogen and oxygen atoms in total. The standard InChI is InChI=1S/C25H28N10O/c1-15-9-17(7-8-18(15)11-26-24(36)23-30-32-35(31-23)25(3,4)5)22-21-10-19(13-34(21)29-14-27-22)20-12-28-33(6)16(20)2/h7-10,12-14H,11H2,1-6H3,(H,26,36). The second kappa shape index (κ2) is 8.67. The minimum Gasteiger partial charge on any atom is -0.345 e. The van der Waals surface area contributed by atoms with E-state index in [1.807, 2.05) is 75.4 Å². The van der Waals surface area contributed by atoms with Crippen LogP contribution < -0.4 is 5.32 Å². The van der Waals surface area contributed by atoms with Crippen LogP contribution in [0.5, 0.6) is 0 Å². The van der Waals surface area contributed by atoms with Gasteiger partial charge in [0.1, 0.15) is 6.33 Å². The van der Waals surface area contributed by atoms with Gasteiger partial charge in [-0.15, -0.1) is 10.2 Å². The van der Waals surface area contributed by atoms with E-state index in [0.717, 1.165) is 44.7 Å². The first kappa shape index (κ1) is 23.3. The monoisotopic (exact) mass is 484 g/mol. The fraction of sp³-hybridized carbons (Fsp3) is 0.320. The summed E-state index contributed by atoms with van der Waals surface area (Å²) in [6.45, 7) is 10.2. The quantitative estimate of drug-likeness (QED) is 0.407. The number of aryl methyl sites for hydroxylation is 2. The maximum atomic E-state index is 12.5. The summed E-state index contributed by atoms with van der Waals surface area (Å²) in [4.78, 5) is 18.5. The van der Waals surface area contributed by atoms with E-state index in [0.29, 0.717) is 6.54 Å². The minimum atomic E-state index is -0.363. The lowest BCUT2D eigenvalue weighted by molar-refractivity contribution is 0.0939. The number of carbonyl (C=O) groups excluding carboxylic acids is 1. The number of benzene rings is 1. The topological polar surface area (TPSA) is 121 Å². The predicted molar refractivity (Wildman–Crippen MR) is 134 cm³/mol. The van der Waals surface area contributed by atoms with Gasteiger partial charge >= 0.3 is 0 Å². The van der Waals surface area contributed by atoms with Gasteiger partial charge in [0, 0.05) is 42.2 Å². The molecule has 0 aliphatic heterocycles. The van der Waals surface area contributed by atoms with Crippen LogP contribution in [0.1, 0.15) is 48.2 Å². The van der Waals surface area contributed by atoms with Crippen molar-refractivity contribution in [2.75, 3.05) is 0 Å². The number of amides is 1. The Labute approximate surface area is 208 Å². The van der Waals surface area contributed by atoms with Crippen LogP contribution in [0.15, 0.2) is 43.0 Å². The summed E-state index contributed by atoms with van der Waals surface area (Å²) < 4.78 is 3.69. The number of aromatic nitrogens is 9. The van der Waals surface area contributed by atoms with E-state index >= 15 is 0 Å². The van der Waals surface area contributed by atoms with Gasteiger partial charge in [-0.3, -0.25) is 9.48 Å². The van der Waals surface area contributed by atoms with Crippen molar-refractivity contribution in [3.63, 3.8) is 0 Å². The Hall–Kier alpha value is -4.41. The second-order valence-corrected chi connectivity index (χ2v) is 9.83. The first-order chi connectivity index (χ1) is 17.1. The SMILES string of the molecule is Cc1cc(-c2ncnn3cc(-c4cnn(C)c4C)cc23)ccc1CNC(=O)c1nnn(C(C)(C)C)n1. The molecule has 11 heteroatoms. The van der Waals surface area contributed by atoms with E-state index in [1.165, 1.54) is 4.80 Å². The molecular formula is C25H28N10O. The Morgan fingerprint density at radius 2 is 1.89 bits per heavy atom. The van der Waals surface area contributed by atoms with Crippen LogP contribution in [-0.2, 0) is 19.1 Å². The summed E-state index contributed by atoms with van der Waals surface area (Å²) >= 11 is 0. The molecule has 0 saturated carbocycles. The second-order valence-electron chi connectivity index (χ2n) is 9.83. The molecule has 0 fully saturated rings. The number of hydrogen-bond acceptors (Lipinski definition) is 7. The molecule has 5 aromatic rings. The van der Waals surface area contributed by atoms with Crippen LogP contribution in [0.2, 0.25) is 0 Å². The van der Waals surface area contributed by atoms with Crippen molar-refractivity contribution in [3.05, 3.63) is 65.6 Å². The largest absolute Gasteiger partial charge is 0.345 e. The molecule has 0 unspecified atom stereocenters. The summed E-state index contributed by atoms with van der Waals surface area (Å²) in [6, 6.07) is 8.16. The molecule has 0 aliphatic carbocycles. The van der Waals surface area contributed by atoms with E-state index in [2.05, 4.69) is 48.0 Å². The maximum Gasteiger partial charge on any atom is 0.293 e. The molecule has 0 saturated heterocycles. The van der Waals surface area contributed by atoms with Gasteiger partial charge in [-0.25, -0.2) is 9.50 Å². The lowest BCUT2D eigenvalue weighted by Gasteiger charge is -2.15. The smallest absolute Gasteiger partial charge is 0.293 e. The van der Waals surface area contributed by atoms with Crippen LogP contribution in [0, 0.1) is 13.8 Å². The zero-order valence-electron chi connectivity index (χ0n) is 21.2. The molecule has 0 spiro atoms. The zero-order chi connectivity index (χ0) is 25.6. The average molecular weight is 485 g/mol. The third-order valence-corrected chi connectivity index (χ3v) is 6.22. The highest BCUT2D eigenvalue weighted by Gasteiger charge is 2.20. The first-order valence-electron chi connectivity index (χ1n) is 11.6. The molecule has 1 N–H and O–H groups in total. The molecule has 4 aromatic heterocycles. The summed E-state index contributed by atoms with van der Waals surface area (Å²) in [5.74, 6) is -0.312. The van der Waals surface area contributed by atoms with Crippen LogP contribution in [0.4, 0.5) is 0 Å². The molecule has 0 radical (unpaired) electrons. The number of carbonyl (C=O) groups is 1. The van der Waals surface area contributed by atoms with Crippen LogP contribution >= 0.6 is 0 Å². The number of rotatable bonds is 5. The van der Waals surface area contributed by atoms with Crippen molar-refractivity contribution in [2.45, 2.75) is 46.7 Å². The number of tetrazole rings is 1. The van der Waals surface area contributed by atoms with Crippen LogP contribution in [0.25, 0.3) is 27.9 Å². The maximum absolute atomic E-state index is 12.5. The third kappa shape index (κ3) is 4.23. The molecule has 1 amide bonds. The third-order valence-electron chi connectivity index (χ3n) is 6.22. The van der Waals surface area contributed by atoms with Crippen molar-refractivity contribution < 1.29 is 4.79 Å². The van der Waals surface area contributed by atoms with Gasteiger partial charge in [-0.2, -0.15) is 15.0 Å². The number of hydrogen-bond donors (Lipinski definition) is 1. The molecule has 36 heavy (non-hydrogen) atoms. The van der Waals surface area contributed by atoms with Crippen LogP contribution in [-0.4, -0.2) is 50.5 Å². The van der Waals surface area contributed by atoms with E-state index in [-0.39, 0.29) is 17.3 Å². The summed E-state index contributed by atoms with van der Waals surface area (Å²) in [7, 11) is 1.93. The van der Waals surface area contributed by atoms with E-state index in [4.69, 9.17) is 0 Å². The molecule has 1 aromatic carbocycles. The molecule has 184 valence electrons. The number of nitrogens with one attached hydrogen (secondary N) is 1. The molecule has 4 heterocycles. The Morgan fingerprint density at radius 1 is 1.08 bits per heavy atom. The highest BCUT2D eigenvalue weighted by molar-refractivity contribution is 5.90.